The fourth-order valence-corrected chi connectivity index (χ4v) is 1.58. The summed E-state index contributed by atoms with van der Waals surface area (Å²) < 4.78 is 45.2. The van der Waals surface area contributed by atoms with Gasteiger partial charge < -0.3 is 9.47 Å². The monoisotopic (exact) mass is 293 g/mol. The molecule has 0 atom stereocenters. The van der Waals surface area contributed by atoms with Crippen LogP contribution in [0.1, 0.15) is 11.1 Å². The first-order valence-corrected chi connectivity index (χ1v) is 5.94. The van der Waals surface area contributed by atoms with Gasteiger partial charge in [0.05, 0.1) is 11.6 Å². The molecule has 0 N–H and O–H groups in total. The molecule has 0 bridgehead atoms. The highest BCUT2D eigenvalue weighted by molar-refractivity contribution is 5.34. The third-order valence-electron chi connectivity index (χ3n) is 2.55. The van der Waals surface area contributed by atoms with E-state index < -0.39 is 6.36 Å². The quantitative estimate of drug-likeness (QED) is 0.854. The summed E-state index contributed by atoms with van der Waals surface area (Å²) in [6.07, 6.45) is -4.69. The largest absolute Gasteiger partial charge is 0.573 e. The van der Waals surface area contributed by atoms with Crippen molar-refractivity contribution in [3.8, 4) is 17.6 Å². The molecule has 0 spiro atoms. The lowest BCUT2D eigenvalue weighted by atomic mass is 10.2. The smallest absolute Gasteiger partial charge is 0.489 e. The minimum Gasteiger partial charge on any atom is -0.489 e. The number of ether oxygens (including phenoxy) is 2. The van der Waals surface area contributed by atoms with Crippen LogP contribution in [0.15, 0.2) is 48.5 Å². The van der Waals surface area contributed by atoms with Gasteiger partial charge in [-0.2, -0.15) is 5.26 Å². The van der Waals surface area contributed by atoms with Crippen molar-refractivity contribution in [2.24, 2.45) is 0 Å². The Morgan fingerprint density at radius 2 is 1.48 bits per heavy atom. The van der Waals surface area contributed by atoms with Gasteiger partial charge in [-0.3, -0.25) is 0 Å². The summed E-state index contributed by atoms with van der Waals surface area (Å²) in [4.78, 5) is 0. The molecule has 0 radical (unpaired) electrons. The molecule has 0 aromatic heterocycles. The van der Waals surface area contributed by atoms with Gasteiger partial charge in [0.2, 0.25) is 0 Å². The molecule has 0 saturated heterocycles. The molecule has 0 unspecified atom stereocenters. The van der Waals surface area contributed by atoms with Gasteiger partial charge in [-0.25, -0.2) is 0 Å². The number of nitriles is 1. The average Bonchev–Trinajstić information content (AvgIpc) is 2.45. The van der Waals surface area contributed by atoms with Gasteiger partial charge >= 0.3 is 6.36 Å². The highest BCUT2D eigenvalue weighted by atomic mass is 19.4. The maximum absolute atomic E-state index is 12.0. The van der Waals surface area contributed by atoms with Crippen LogP contribution < -0.4 is 9.47 Å². The zero-order chi connectivity index (χ0) is 15.3. The van der Waals surface area contributed by atoms with Crippen molar-refractivity contribution in [3.63, 3.8) is 0 Å². The SMILES string of the molecule is N#Cc1ccc(OCc2ccc(OC(F)(F)F)cc2)cc1. The Labute approximate surface area is 119 Å². The molecule has 0 aliphatic carbocycles. The van der Waals surface area contributed by atoms with Crippen molar-refractivity contribution >= 4 is 0 Å². The van der Waals surface area contributed by atoms with Crippen LogP contribution >= 0.6 is 0 Å². The molecule has 6 heteroatoms. The number of benzene rings is 2. The van der Waals surface area contributed by atoms with Gasteiger partial charge in [-0.1, -0.05) is 12.1 Å². The zero-order valence-electron chi connectivity index (χ0n) is 10.7. The van der Waals surface area contributed by atoms with Crippen molar-refractivity contribution in [2.45, 2.75) is 13.0 Å². The molecular formula is C15H10F3NO2. The zero-order valence-corrected chi connectivity index (χ0v) is 10.7. The molecular weight excluding hydrogens is 283 g/mol. The normalized spacial score (nSPS) is 10.8. The third-order valence-corrected chi connectivity index (χ3v) is 2.55. The summed E-state index contributed by atoms with van der Waals surface area (Å²) in [5.41, 5.74) is 1.23. The van der Waals surface area contributed by atoms with Gasteiger partial charge in [0.1, 0.15) is 18.1 Å². The molecule has 0 aliphatic rings. The fraction of sp³-hybridized carbons (Fsp3) is 0.133. The van der Waals surface area contributed by atoms with Crippen LogP contribution in [0, 0.1) is 11.3 Å². The summed E-state index contributed by atoms with van der Waals surface area (Å²) >= 11 is 0. The molecule has 0 aliphatic heterocycles. The maximum Gasteiger partial charge on any atom is 0.573 e. The van der Waals surface area contributed by atoms with E-state index in [0.29, 0.717) is 16.9 Å². The van der Waals surface area contributed by atoms with Crippen molar-refractivity contribution in [1.29, 1.82) is 5.26 Å². The van der Waals surface area contributed by atoms with E-state index in [1.165, 1.54) is 24.3 Å². The Kier molecular flexibility index (Phi) is 4.33. The summed E-state index contributed by atoms with van der Waals surface area (Å²) in [5, 5.41) is 8.66. The maximum atomic E-state index is 12.0. The lowest BCUT2D eigenvalue weighted by Crippen LogP contribution is -2.17. The fourth-order valence-electron chi connectivity index (χ4n) is 1.58. The number of alkyl halides is 3. The first-order chi connectivity index (χ1) is 9.96. The number of nitrogens with zero attached hydrogens (tertiary/aromatic N) is 1. The van der Waals surface area contributed by atoms with Crippen LogP contribution in [0.2, 0.25) is 0 Å². The van der Waals surface area contributed by atoms with Gasteiger partial charge in [0.25, 0.3) is 0 Å². The van der Waals surface area contributed by atoms with E-state index in [-0.39, 0.29) is 12.4 Å². The van der Waals surface area contributed by atoms with E-state index in [4.69, 9.17) is 10.00 Å². The van der Waals surface area contributed by atoms with Crippen LogP contribution in [0.4, 0.5) is 13.2 Å². The van der Waals surface area contributed by atoms with Gasteiger partial charge in [0.15, 0.2) is 0 Å². The standard InChI is InChI=1S/C15H10F3NO2/c16-15(17,18)21-14-7-3-12(4-8-14)10-20-13-5-1-11(9-19)2-6-13/h1-8H,10H2. The van der Waals surface area contributed by atoms with E-state index in [9.17, 15) is 13.2 Å². The second-order valence-corrected chi connectivity index (χ2v) is 4.12. The highest BCUT2D eigenvalue weighted by Crippen LogP contribution is 2.23. The van der Waals surface area contributed by atoms with Crippen LogP contribution in [0.3, 0.4) is 0 Å². The van der Waals surface area contributed by atoms with Crippen molar-refractivity contribution in [2.75, 3.05) is 0 Å². The second kappa shape index (κ2) is 6.18. The minimum atomic E-state index is -4.69. The van der Waals surface area contributed by atoms with E-state index in [2.05, 4.69) is 4.74 Å². The molecule has 0 amide bonds. The summed E-state index contributed by atoms with van der Waals surface area (Å²) in [5.74, 6) is 0.300. The van der Waals surface area contributed by atoms with Gasteiger partial charge in [0, 0.05) is 0 Å². The number of halogens is 3. The summed E-state index contributed by atoms with van der Waals surface area (Å²) in [6, 6.07) is 14.0. The lowest BCUT2D eigenvalue weighted by molar-refractivity contribution is -0.274. The topological polar surface area (TPSA) is 42.2 Å². The molecule has 2 aromatic carbocycles. The Balaban J connectivity index is 1.92. The predicted octanol–water partition coefficient (Wildman–Crippen LogP) is 4.04. The second-order valence-electron chi connectivity index (χ2n) is 4.12. The Morgan fingerprint density at radius 1 is 0.905 bits per heavy atom. The molecule has 2 aromatic rings. The van der Waals surface area contributed by atoms with E-state index in [1.807, 2.05) is 6.07 Å². The molecule has 0 saturated carbocycles. The Morgan fingerprint density at radius 3 is 2.00 bits per heavy atom. The van der Waals surface area contributed by atoms with Crippen molar-refractivity contribution < 1.29 is 22.6 Å². The summed E-state index contributed by atoms with van der Waals surface area (Å²) in [7, 11) is 0. The molecule has 108 valence electrons. The van der Waals surface area contributed by atoms with E-state index >= 15 is 0 Å². The van der Waals surface area contributed by atoms with Crippen molar-refractivity contribution in [3.05, 3.63) is 59.7 Å². The Bertz CT molecular complexity index is 628. The van der Waals surface area contributed by atoms with Gasteiger partial charge in [-0.15, -0.1) is 13.2 Å². The van der Waals surface area contributed by atoms with Crippen LogP contribution in [-0.2, 0) is 6.61 Å². The number of hydrogen-bond acceptors (Lipinski definition) is 3. The van der Waals surface area contributed by atoms with Crippen LogP contribution in [0.5, 0.6) is 11.5 Å². The minimum absolute atomic E-state index is 0.207. The van der Waals surface area contributed by atoms with E-state index in [0.717, 1.165) is 0 Å². The first kappa shape index (κ1) is 14.7. The predicted molar refractivity (Wildman–Crippen MR) is 68.6 cm³/mol. The molecule has 0 fully saturated rings. The Hall–Kier alpha value is -2.68. The van der Waals surface area contributed by atoms with E-state index in [1.54, 1.807) is 24.3 Å². The van der Waals surface area contributed by atoms with Crippen LogP contribution in [0.25, 0.3) is 0 Å². The first-order valence-electron chi connectivity index (χ1n) is 5.94. The lowest BCUT2D eigenvalue weighted by Gasteiger charge is -2.10. The van der Waals surface area contributed by atoms with Crippen LogP contribution in [-0.4, -0.2) is 6.36 Å². The number of hydrogen-bond donors (Lipinski definition) is 0. The number of rotatable bonds is 4. The van der Waals surface area contributed by atoms with Crippen molar-refractivity contribution in [1.82, 2.24) is 0 Å². The average molecular weight is 293 g/mol. The molecule has 0 heterocycles. The highest BCUT2D eigenvalue weighted by Gasteiger charge is 2.30. The summed E-state index contributed by atoms with van der Waals surface area (Å²) in [6.45, 7) is 0.207. The third kappa shape index (κ3) is 4.73. The molecule has 3 nitrogen and oxygen atoms in total. The molecule has 21 heavy (non-hydrogen) atoms. The van der Waals surface area contributed by atoms with Gasteiger partial charge in [-0.05, 0) is 42.0 Å². The molecule has 2 rings (SSSR count).